The Morgan fingerprint density at radius 2 is 0.535 bits per heavy atom. The molecular weight excluding hydrogens is 741 g/mol. The van der Waals surface area contributed by atoms with Gasteiger partial charge in [0.05, 0.1) is 0 Å². The molecule has 0 aromatic heterocycles. The first-order chi connectivity index (χ1) is 20.2. The Morgan fingerprint density at radius 1 is 0.372 bits per heavy atom. The van der Waals surface area contributed by atoms with Crippen molar-refractivity contribution in [1.29, 1.82) is 0 Å². The molecular formula is C30H48EuO9Si3. The van der Waals surface area contributed by atoms with Gasteiger partial charge in [-0.2, -0.15) is 0 Å². The SMILES string of the molecule is CCO[Si](O)(OCC)c1ccccc1.CCO[Si](O)(OCC)c1ccccc1.CCO[Si](O)(OCC)c1ccccc1.[Eu]. The first kappa shape index (κ1) is 42.5. The molecule has 0 aliphatic heterocycles. The Morgan fingerprint density at radius 3 is 0.674 bits per heavy atom. The van der Waals surface area contributed by atoms with E-state index in [-0.39, 0.29) is 49.4 Å². The van der Waals surface area contributed by atoms with Gasteiger partial charge in [0.15, 0.2) is 0 Å². The molecule has 241 valence electrons. The normalized spacial score (nSPS) is 11.4. The molecule has 0 heterocycles. The fourth-order valence-corrected chi connectivity index (χ4v) is 9.18. The summed E-state index contributed by atoms with van der Waals surface area (Å²) in [5.41, 5.74) is 0. The van der Waals surface area contributed by atoms with Crippen LogP contribution in [0, 0.1) is 49.4 Å². The van der Waals surface area contributed by atoms with Crippen molar-refractivity contribution < 1.29 is 90.3 Å². The van der Waals surface area contributed by atoms with E-state index < -0.39 is 26.4 Å². The Labute approximate surface area is 301 Å². The van der Waals surface area contributed by atoms with Crippen LogP contribution in [0.4, 0.5) is 0 Å². The Hall–Kier alpha value is -0.465. The number of hydrogen-bond acceptors (Lipinski definition) is 9. The van der Waals surface area contributed by atoms with Crippen molar-refractivity contribution in [2.45, 2.75) is 41.5 Å². The van der Waals surface area contributed by atoms with Gasteiger partial charge in [0.2, 0.25) is 0 Å². The van der Waals surface area contributed by atoms with E-state index in [0.29, 0.717) is 39.6 Å². The molecule has 1 radical (unpaired) electrons. The number of hydrogen-bond donors (Lipinski definition) is 3. The quantitative estimate of drug-likeness (QED) is 0.200. The monoisotopic (exact) mass is 789 g/mol. The molecule has 0 atom stereocenters. The molecule has 0 aliphatic carbocycles. The van der Waals surface area contributed by atoms with E-state index in [9.17, 15) is 14.4 Å². The second-order valence-corrected chi connectivity index (χ2v) is 15.4. The van der Waals surface area contributed by atoms with E-state index in [4.69, 9.17) is 26.6 Å². The summed E-state index contributed by atoms with van der Waals surface area (Å²) in [4.78, 5) is 30.5. The molecule has 0 amide bonds. The maximum atomic E-state index is 10.2. The Kier molecular flexibility index (Phi) is 23.6. The van der Waals surface area contributed by atoms with Crippen LogP contribution in [0.25, 0.3) is 0 Å². The molecule has 3 rings (SSSR count). The van der Waals surface area contributed by atoms with E-state index in [1.54, 1.807) is 0 Å². The molecule has 0 fully saturated rings. The van der Waals surface area contributed by atoms with Crippen LogP contribution in [0.5, 0.6) is 0 Å². The van der Waals surface area contributed by atoms with E-state index >= 15 is 0 Å². The van der Waals surface area contributed by atoms with Gasteiger partial charge in [0.25, 0.3) is 0 Å². The van der Waals surface area contributed by atoms with Gasteiger partial charge in [-0.25, -0.2) is 0 Å². The van der Waals surface area contributed by atoms with Gasteiger partial charge in [0, 0.05) is 105 Å². The average Bonchev–Trinajstić information content (AvgIpc) is 3.00. The minimum Gasteiger partial charge on any atom is -0.386 e. The minimum atomic E-state index is -3.13. The third kappa shape index (κ3) is 15.1. The van der Waals surface area contributed by atoms with E-state index in [1.807, 2.05) is 133 Å². The van der Waals surface area contributed by atoms with Crippen molar-refractivity contribution >= 4 is 42.0 Å². The van der Waals surface area contributed by atoms with Crippen LogP contribution in [-0.4, -0.2) is 80.4 Å². The molecule has 13 heteroatoms. The van der Waals surface area contributed by atoms with Crippen LogP contribution < -0.4 is 15.6 Å². The van der Waals surface area contributed by atoms with Crippen molar-refractivity contribution in [3.05, 3.63) is 91.0 Å². The van der Waals surface area contributed by atoms with Crippen LogP contribution in [0.1, 0.15) is 41.5 Å². The zero-order valence-electron chi connectivity index (χ0n) is 26.1. The first-order valence-electron chi connectivity index (χ1n) is 14.4. The van der Waals surface area contributed by atoms with Crippen LogP contribution in [0.15, 0.2) is 91.0 Å². The van der Waals surface area contributed by atoms with Crippen LogP contribution in [-0.2, 0) is 26.6 Å². The maximum absolute atomic E-state index is 10.2. The van der Waals surface area contributed by atoms with Crippen LogP contribution in [0.2, 0.25) is 0 Å². The van der Waals surface area contributed by atoms with Gasteiger partial charge in [0.1, 0.15) is 0 Å². The van der Waals surface area contributed by atoms with E-state index in [0.717, 1.165) is 15.6 Å². The van der Waals surface area contributed by atoms with Crippen molar-refractivity contribution in [1.82, 2.24) is 0 Å². The molecule has 3 aromatic rings. The minimum absolute atomic E-state index is 0. The van der Waals surface area contributed by atoms with Gasteiger partial charge < -0.3 is 40.9 Å². The van der Waals surface area contributed by atoms with Crippen molar-refractivity contribution in [2.75, 3.05) is 39.6 Å². The summed E-state index contributed by atoms with van der Waals surface area (Å²) in [6, 6.07) is 27.9. The topological polar surface area (TPSA) is 116 Å². The predicted octanol–water partition coefficient (Wildman–Crippen LogP) is 2.69. The number of benzene rings is 3. The predicted molar refractivity (Wildman–Crippen MR) is 172 cm³/mol. The fourth-order valence-electron chi connectivity index (χ4n) is 3.75. The summed E-state index contributed by atoms with van der Waals surface area (Å²) in [6.07, 6.45) is 0. The molecule has 0 unspecified atom stereocenters. The molecule has 9 nitrogen and oxygen atoms in total. The maximum Gasteiger partial charge on any atom is 0.534 e. The largest absolute Gasteiger partial charge is 0.534 e. The summed E-state index contributed by atoms with van der Waals surface area (Å²) >= 11 is 0. The van der Waals surface area contributed by atoms with Crippen molar-refractivity contribution in [2.24, 2.45) is 0 Å². The molecule has 3 N–H and O–H groups in total. The summed E-state index contributed by atoms with van der Waals surface area (Å²) in [5, 5.41) is 2.26. The molecule has 0 saturated carbocycles. The molecule has 0 spiro atoms. The molecule has 0 aliphatic rings. The second kappa shape index (κ2) is 23.8. The van der Waals surface area contributed by atoms with Gasteiger partial charge in [-0.3, -0.25) is 0 Å². The third-order valence-corrected chi connectivity index (χ3v) is 12.7. The smallest absolute Gasteiger partial charge is 0.386 e. The summed E-state index contributed by atoms with van der Waals surface area (Å²) < 4.78 is 32.0. The van der Waals surface area contributed by atoms with E-state index in [2.05, 4.69) is 0 Å². The van der Waals surface area contributed by atoms with Crippen molar-refractivity contribution in [3.63, 3.8) is 0 Å². The average molecular weight is 789 g/mol. The summed E-state index contributed by atoms with van der Waals surface area (Å²) in [6.45, 7) is 13.8. The third-order valence-electron chi connectivity index (χ3n) is 5.46. The van der Waals surface area contributed by atoms with Gasteiger partial charge >= 0.3 is 26.4 Å². The van der Waals surface area contributed by atoms with Gasteiger partial charge in [-0.05, 0) is 41.5 Å². The summed E-state index contributed by atoms with van der Waals surface area (Å²) in [5.74, 6) is 0. The first-order valence-corrected chi connectivity index (χ1v) is 19.6. The zero-order chi connectivity index (χ0) is 31.3. The number of rotatable bonds is 15. The Balaban J connectivity index is 0.000000608. The summed E-state index contributed by atoms with van der Waals surface area (Å²) in [7, 11) is -9.38. The molecule has 0 bridgehead atoms. The van der Waals surface area contributed by atoms with Crippen molar-refractivity contribution in [3.8, 4) is 0 Å². The molecule has 3 aromatic carbocycles. The molecule has 43 heavy (non-hydrogen) atoms. The standard InChI is InChI=1S/3C10H16O3Si.Eu/c3*1-3-12-14(11,13-4-2)10-8-6-5-7-9-10;/h3*5-9,11H,3-4H2,1-2H3;. The van der Waals surface area contributed by atoms with Gasteiger partial charge in [-0.1, -0.05) is 91.0 Å². The van der Waals surface area contributed by atoms with Crippen LogP contribution in [0.3, 0.4) is 0 Å². The van der Waals surface area contributed by atoms with Gasteiger partial charge in [-0.15, -0.1) is 0 Å². The van der Waals surface area contributed by atoms with E-state index in [1.165, 1.54) is 0 Å². The Bertz CT molecular complexity index is 916. The zero-order valence-corrected chi connectivity index (χ0v) is 31.5. The fraction of sp³-hybridized carbons (Fsp3) is 0.400. The second-order valence-electron chi connectivity index (χ2n) is 8.44. The molecule has 0 saturated heterocycles. The van der Waals surface area contributed by atoms with Crippen LogP contribution >= 0.6 is 0 Å².